The molecule has 2 rings (SSSR count). The molecule has 1 aromatic heterocycles. The van der Waals surface area contributed by atoms with Gasteiger partial charge in [-0.3, -0.25) is 0 Å². The molecule has 2 aromatic rings. The first-order valence-electron chi connectivity index (χ1n) is 5.65. The van der Waals surface area contributed by atoms with Crippen LogP contribution in [0.5, 0.6) is 11.5 Å². The number of ether oxygens (including phenoxy) is 2. The number of aromatic carboxylic acids is 1. The second-order valence-electron chi connectivity index (χ2n) is 3.76. The molecule has 0 fully saturated rings. The molecule has 0 amide bonds. The van der Waals surface area contributed by atoms with E-state index >= 15 is 0 Å². The molecule has 100 valence electrons. The van der Waals surface area contributed by atoms with Crippen molar-refractivity contribution in [3.05, 3.63) is 41.8 Å². The van der Waals surface area contributed by atoms with E-state index in [1.54, 1.807) is 13.2 Å². The van der Waals surface area contributed by atoms with E-state index in [1.807, 2.05) is 18.2 Å². The van der Waals surface area contributed by atoms with E-state index in [0.717, 1.165) is 0 Å². The third-order valence-corrected chi connectivity index (χ3v) is 2.44. The highest BCUT2D eigenvalue weighted by Gasteiger charge is 2.10. The van der Waals surface area contributed by atoms with Crippen molar-refractivity contribution in [3.63, 3.8) is 0 Å². The van der Waals surface area contributed by atoms with Gasteiger partial charge in [0.25, 0.3) is 0 Å². The number of hydrogen-bond acceptors (Lipinski definition) is 5. The molecule has 1 aromatic carbocycles. The Labute approximate surface area is 109 Å². The van der Waals surface area contributed by atoms with Gasteiger partial charge in [-0.1, -0.05) is 11.2 Å². The number of hydrogen-bond donors (Lipinski definition) is 1. The molecule has 0 saturated carbocycles. The van der Waals surface area contributed by atoms with Crippen LogP contribution in [0.15, 0.2) is 34.9 Å². The lowest BCUT2D eigenvalue weighted by Crippen LogP contribution is -2.01. The number of carboxylic acid groups (broad SMARTS) is 1. The summed E-state index contributed by atoms with van der Waals surface area (Å²) in [4.78, 5) is 10.6. The van der Waals surface area contributed by atoms with Crippen LogP contribution >= 0.6 is 0 Å². The van der Waals surface area contributed by atoms with Crippen LogP contribution in [0, 0.1) is 0 Å². The third kappa shape index (κ3) is 3.48. The largest absolute Gasteiger partial charge is 0.497 e. The standard InChI is InChI=1S/C13H13NO5/c1-17-9-3-2-4-10(7-9)18-6-5-11-8-12(13(15)16)14-19-11/h2-4,7-8H,5-6H2,1H3,(H,15,16). The molecule has 0 radical (unpaired) electrons. The number of carboxylic acids is 1. The topological polar surface area (TPSA) is 81.8 Å². The highest BCUT2D eigenvalue weighted by Crippen LogP contribution is 2.19. The molecule has 1 heterocycles. The van der Waals surface area contributed by atoms with Crippen LogP contribution in [0.25, 0.3) is 0 Å². The molecule has 6 heteroatoms. The monoisotopic (exact) mass is 263 g/mol. The van der Waals surface area contributed by atoms with E-state index in [0.29, 0.717) is 30.3 Å². The smallest absolute Gasteiger partial charge is 0.358 e. The van der Waals surface area contributed by atoms with Gasteiger partial charge in [0.1, 0.15) is 17.3 Å². The summed E-state index contributed by atoms with van der Waals surface area (Å²) >= 11 is 0. The molecule has 0 atom stereocenters. The fourth-order valence-electron chi connectivity index (χ4n) is 1.49. The van der Waals surface area contributed by atoms with E-state index in [4.69, 9.17) is 19.1 Å². The minimum Gasteiger partial charge on any atom is -0.497 e. The van der Waals surface area contributed by atoms with Crippen LogP contribution in [0.1, 0.15) is 16.2 Å². The van der Waals surface area contributed by atoms with E-state index in [1.165, 1.54) is 6.07 Å². The summed E-state index contributed by atoms with van der Waals surface area (Å²) in [5.74, 6) is 0.756. The summed E-state index contributed by atoms with van der Waals surface area (Å²) in [5, 5.41) is 12.1. The van der Waals surface area contributed by atoms with Crippen molar-refractivity contribution in [3.8, 4) is 11.5 Å². The lowest BCUT2D eigenvalue weighted by molar-refractivity contribution is 0.0685. The van der Waals surface area contributed by atoms with Crippen molar-refractivity contribution in [2.75, 3.05) is 13.7 Å². The zero-order valence-electron chi connectivity index (χ0n) is 10.3. The van der Waals surface area contributed by atoms with Crippen LogP contribution < -0.4 is 9.47 Å². The normalized spacial score (nSPS) is 10.2. The number of methoxy groups -OCH3 is 1. The Bertz CT molecular complexity index is 564. The quantitative estimate of drug-likeness (QED) is 0.858. The van der Waals surface area contributed by atoms with Crippen LogP contribution in [-0.2, 0) is 6.42 Å². The summed E-state index contributed by atoms with van der Waals surface area (Å²) in [6, 6.07) is 8.61. The zero-order valence-corrected chi connectivity index (χ0v) is 10.3. The Morgan fingerprint density at radius 2 is 2.16 bits per heavy atom. The number of carbonyl (C=O) groups is 1. The molecule has 1 N–H and O–H groups in total. The summed E-state index contributed by atoms with van der Waals surface area (Å²) < 4.78 is 15.5. The van der Waals surface area contributed by atoms with Gasteiger partial charge in [-0.2, -0.15) is 0 Å². The van der Waals surface area contributed by atoms with E-state index in [-0.39, 0.29) is 5.69 Å². The lowest BCUT2D eigenvalue weighted by atomic mass is 10.3. The van der Waals surface area contributed by atoms with Crippen molar-refractivity contribution < 1.29 is 23.9 Å². The Morgan fingerprint density at radius 3 is 2.84 bits per heavy atom. The minimum atomic E-state index is -1.11. The Hall–Kier alpha value is -2.50. The summed E-state index contributed by atoms with van der Waals surface area (Å²) in [5.41, 5.74) is -0.101. The van der Waals surface area contributed by atoms with Gasteiger partial charge in [0.05, 0.1) is 13.7 Å². The molecule has 0 unspecified atom stereocenters. The Balaban J connectivity index is 1.86. The van der Waals surface area contributed by atoms with Gasteiger partial charge in [-0.05, 0) is 12.1 Å². The first kappa shape index (κ1) is 12.9. The third-order valence-electron chi connectivity index (χ3n) is 2.44. The summed E-state index contributed by atoms with van der Waals surface area (Å²) in [7, 11) is 1.58. The lowest BCUT2D eigenvalue weighted by Gasteiger charge is -2.06. The van der Waals surface area contributed by atoms with Gasteiger partial charge < -0.3 is 19.1 Å². The van der Waals surface area contributed by atoms with Crippen LogP contribution in [0.3, 0.4) is 0 Å². The van der Waals surface area contributed by atoms with Crippen molar-refractivity contribution in [2.24, 2.45) is 0 Å². The second-order valence-corrected chi connectivity index (χ2v) is 3.76. The molecule has 6 nitrogen and oxygen atoms in total. The average molecular weight is 263 g/mol. The number of aromatic nitrogens is 1. The minimum absolute atomic E-state index is 0.101. The van der Waals surface area contributed by atoms with Gasteiger partial charge in [-0.15, -0.1) is 0 Å². The van der Waals surface area contributed by atoms with Gasteiger partial charge in [0.15, 0.2) is 5.69 Å². The van der Waals surface area contributed by atoms with Gasteiger partial charge >= 0.3 is 5.97 Å². The maximum absolute atomic E-state index is 10.6. The number of rotatable bonds is 6. The second kappa shape index (κ2) is 5.90. The van der Waals surface area contributed by atoms with E-state index in [2.05, 4.69) is 5.16 Å². The zero-order chi connectivity index (χ0) is 13.7. The maximum atomic E-state index is 10.6. The summed E-state index contributed by atoms with van der Waals surface area (Å²) in [6.07, 6.45) is 0.442. The van der Waals surface area contributed by atoms with E-state index in [9.17, 15) is 4.79 Å². The molecule has 0 bridgehead atoms. The maximum Gasteiger partial charge on any atom is 0.358 e. The fourth-order valence-corrected chi connectivity index (χ4v) is 1.49. The Kier molecular flexibility index (Phi) is 4.02. The first-order valence-corrected chi connectivity index (χ1v) is 5.65. The average Bonchev–Trinajstić information content (AvgIpc) is 2.88. The molecule has 19 heavy (non-hydrogen) atoms. The molecule has 0 saturated heterocycles. The van der Waals surface area contributed by atoms with Crippen molar-refractivity contribution in [1.29, 1.82) is 0 Å². The summed E-state index contributed by atoms with van der Waals surface area (Å²) in [6.45, 7) is 0.363. The molecular weight excluding hydrogens is 250 g/mol. The Morgan fingerprint density at radius 1 is 1.37 bits per heavy atom. The van der Waals surface area contributed by atoms with Gasteiger partial charge in [0.2, 0.25) is 0 Å². The van der Waals surface area contributed by atoms with Crippen LogP contribution in [0.4, 0.5) is 0 Å². The molecule has 0 spiro atoms. The molecule has 0 aliphatic rings. The fraction of sp³-hybridized carbons (Fsp3) is 0.231. The number of nitrogens with zero attached hydrogens (tertiary/aromatic N) is 1. The van der Waals surface area contributed by atoms with Crippen molar-refractivity contribution in [1.82, 2.24) is 5.16 Å². The van der Waals surface area contributed by atoms with Crippen LogP contribution in [-0.4, -0.2) is 29.9 Å². The molecule has 0 aliphatic carbocycles. The van der Waals surface area contributed by atoms with Gasteiger partial charge in [0, 0.05) is 18.6 Å². The van der Waals surface area contributed by atoms with E-state index < -0.39 is 5.97 Å². The van der Waals surface area contributed by atoms with Crippen molar-refractivity contribution >= 4 is 5.97 Å². The highest BCUT2D eigenvalue weighted by atomic mass is 16.5. The predicted molar refractivity (Wildman–Crippen MR) is 65.7 cm³/mol. The first-order chi connectivity index (χ1) is 9.19. The molecule has 0 aliphatic heterocycles. The molecular formula is C13H13NO5. The van der Waals surface area contributed by atoms with Gasteiger partial charge in [-0.25, -0.2) is 4.79 Å². The number of benzene rings is 1. The predicted octanol–water partition coefficient (Wildman–Crippen LogP) is 2.00. The van der Waals surface area contributed by atoms with Crippen LogP contribution in [0.2, 0.25) is 0 Å². The SMILES string of the molecule is COc1cccc(OCCc2cc(C(=O)O)no2)c1. The van der Waals surface area contributed by atoms with Crippen molar-refractivity contribution in [2.45, 2.75) is 6.42 Å². The highest BCUT2D eigenvalue weighted by molar-refractivity contribution is 5.85.